The molecular formula is C32H36N7O3P. The number of benzene rings is 1. The van der Waals surface area contributed by atoms with Gasteiger partial charge in [-0.1, -0.05) is 19.1 Å². The number of nitriles is 1. The maximum atomic E-state index is 13.3. The minimum atomic E-state index is -0.627. The van der Waals surface area contributed by atoms with Gasteiger partial charge in [0.25, 0.3) is 5.91 Å². The van der Waals surface area contributed by atoms with Crippen LogP contribution in [0, 0.1) is 11.3 Å². The van der Waals surface area contributed by atoms with Crippen molar-refractivity contribution in [3.05, 3.63) is 64.7 Å². The molecule has 1 aromatic carbocycles. The summed E-state index contributed by atoms with van der Waals surface area (Å²) in [5.41, 5.74) is 10.9. The van der Waals surface area contributed by atoms with Gasteiger partial charge in [-0.3, -0.25) is 19.3 Å². The number of nitrogen functional groups attached to an aromatic ring is 1. The highest BCUT2D eigenvalue weighted by Crippen LogP contribution is 2.32. The van der Waals surface area contributed by atoms with E-state index in [0.29, 0.717) is 48.6 Å². The van der Waals surface area contributed by atoms with Gasteiger partial charge in [-0.2, -0.15) is 5.26 Å². The highest BCUT2D eigenvalue weighted by molar-refractivity contribution is 7.28. The van der Waals surface area contributed by atoms with E-state index in [2.05, 4.69) is 30.2 Å². The number of amides is 1. The smallest absolute Gasteiger partial charge is 0.255 e. The van der Waals surface area contributed by atoms with Crippen LogP contribution in [0.5, 0.6) is 0 Å². The van der Waals surface area contributed by atoms with Gasteiger partial charge >= 0.3 is 0 Å². The topological polar surface area (TPSA) is 146 Å². The Balaban J connectivity index is 1.26. The molecule has 2 unspecified atom stereocenters. The Bertz CT molecular complexity index is 1590. The van der Waals surface area contributed by atoms with Crippen molar-refractivity contribution in [1.82, 2.24) is 24.8 Å². The van der Waals surface area contributed by atoms with Gasteiger partial charge in [0.15, 0.2) is 5.78 Å². The minimum absolute atomic E-state index is 0.0822. The number of nitrogens with zero attached hydrogens (tertiary/aromatic N) is 6. The van der Waals surface area contributed by atoms with Crippen LogP contribution in [0.15, 0.2) is 36.7 Å². The van der Waals surface area contributed by atoms with E-state index in [0.717, 1.165) is 53.8 Å². The summed E-state index contributed by atoms with van der Waals surface area (Å²) in [5, 5.41) is 9.83. The van der Waals surface area contributed by atoms with E-state index in [1.807, 2.05) is 18.2 Å². The highest BCUT2D eigenvalue weighted by atomic mass is 31.0. The Kier molecular flexibility index (Phi) is 9.24. The van der Waals surface area contributed by atoms with Crippen molar-refractivity contribution in [2.45, 2.75) is 71.0 Å². The molecule has 222 valence electrons. The largest absolute Gasteiger partial charge is 0.383 e. The summed E-state index contributed by atoms with van der Waals surface area (Å²) in [6, 6.07) is 9.08. The SMILES string of the molecule is CCC(=O)CCC(C(C)=O)N1Cc2c(ccc(-c3ccc(CN4CCC(c5ncc(C#N)cn5)CC4)c(N)n3)c2P)C1=O. The van der Waals surface area contributed by atoms with Crippen LogP contribution in [-0.2, 0) is 22.7 Å². The summed E-state index contributed by atoms with van der Waals surface area (Å²) < 4.78 is 0. The Hall–Kier alpha value is -4.06. The number of nitrogens with two attached hydrogens (primary N) is 1. The quantitative estimate of drug-likeness (QED) is 0.347. The molecule has 2 atom stereocenters. The maximum absolute atomic E-state index is 13.3. The van der Waals surface area contributed by atoms with Crippen LogP contribution in [0.25, 0.3) is 11.3 Å². The number of hydrogen-bond donors (Lipinski definition) is 1. The number of hydrogen-bond acceptors (Lipinski definition) is 9. The van der Waals surface area contributed by atoms with Crippen molar-refractivity contribution < 1.29 is 14.4 Å². The fraction of sp³-hybridized carbons (Fsp3) is 0.406. The van der Waals surface area contributed by atoms with Crippen LogP contribution in [0.4, 0.5) is 5.82 Å². The van der Waals surface area contributed by atoms with Gasteiger partial charge in [-0.15, -0.1) is 9.24 Å². The molecular weight excluding hydrogens is 561 g/mol. The number of fused-ring (bicyclic) bond motifs is 1. The summed E-state index contributed by atoms with van der Waals surface area (Å²) >= 11 is 0. The molecule has 2 aliphatic rings. The number of rotatable bonds is 10. The predicted molar refractivity (Wildman–Crippen MR) is 166 cm³/mol. The van der Waals surface area contributed by atoms with Crippen LogP contribution in [0.1, 0.15) is 84.7 Å². The summed E-state index contributed by atoms with van der Waals surface area (Å²) in [4.78, 5) is 55.1. The molecule has 1 saturated heterocycles. The first kappa shape index (κ1) is 30.4. The molecule has 2 N–H and O–H groups in total. The first-order valence-corrected chi connectivity index (χ1v) is 15.2. The van der Waals surface area contributed by atoms with Crippen molar-refractivity contribution in [1.29, 1.82) is 5.26 Å². The molecule has 3 aromatic rings. The number of pyridine rings is 1. The van der Waals surface area contributed by atoms with Gasteiger partial charge in [0, 0.05) is 60.9 Å². The molecule has 43 heavy (non-hydrogen) atoms. The third kappa shape index (κ3) is 6.48. The number of carbonyl (C=O) groups excluding carboxylic acids is 3. The third-order valence-corrected chi connectivity index (χ3v) is 9.21. The molecule has 0 bridgehead atoms. The summed E-state index contributed by atoms with van der Waals surface area (Å²) in [6.45, 7) is 6.04. The zero-order valence-corrected chi connectivity index (χ0v) is 25.7. The number of aromatic nitrogens is 3. The fourth-order valence-corrected chi connectivity index (χ4v) is 6.44. The highest BCUT2D eigenvalue weighted by Gasteiger charge is 2.36. The molecule has 2 aliphatic heterocycles. The van der Waals surface area contributed by atoms with Gasteiger partial charge in [0.1, 0.15) is 23.5 Å². The number of Topliss-reactive ketones (excluding diaryl/α,β-unsaturated/α-hetero) is 2. The number of carbonyl (C=O) groups is 3. The van der Waals surface area contributed by atoms with E-state index in [1.165, 1.54) is 6.92 Å². The molecule has 1 amide bonds. The Morgan fingerprint density at radius 2 is 1.84 bits per heavy atom. The monoisotopic (exact) mass is 597 g/mol. The zero-order valence-electron chi connectivity index (χ0n) is 24.5. The molecule has 10 nitrogen and oxygen atoms in total. The van der Waals surface area contributed by atoms with Gasteiger partial charge in [-0.05, 0) is 62.3 Å². The lowest BCUT2D eigenvalue weighted by Gasteiger charge is -2.31. The summed E-state index contributed by atoms with van der Waals surface area (Å²) in [5.74, 6) is 1.31. The van der Waals surface area contributed by atoms with E-state index in [4.69, 9.17) is 16.0 Å². The molecule has 5 rings (SSSR count). The fourth-order valence-electron chi connectivity index (χ4n) is 5.94. The van der Waals surface area contributed by atoms with Crippen molar-refractivity contribution in [2.24, 2.45) is 0 Å². The molecule has 1 fully saturated rings. The van der Waals surface area contributed by atoms with Gasteiger partial charge in [-0.25, -0.2) is 15.0 Å². The van der Waals surface area contributed by atoms with Crippen LogP contribution >= 0.6 is 9.24 Å². The molecule has 2 aromatic heterocycles. The van der Waals surface area contributed by atoms with Gasteiger partial charge < -0.3 is 10.6 Å². The van der Waals surface area contributed by atoms with Gasteiger partial charge in [0.05, 0.1) is 17.3 Å². The second-order valence-corrected chi connectivity index (χ2v) is 11.9. The molecule has 0 saturated carbocycles. The summed E-state index contributed by atoms with van der Waals surface area (Å²) in [6.07, 6.45) is 6.05. The predicted octanol–water partition coefficient (Wildman–Crippen LogP) is 3.55. The van der Waals surface area contributed by atoms with Crippen LogP contribution in [-0.4, -0.2) is 61.4 Å². The standard InChI is InChI=1S/C32H36N7O3P/c1-3-23(41)5-9-28(19(2)40)39-18-26-24(32(39)42)6-7-25(29(26)43)27-8-4-22(30(34)37-27)17-38-12-10-21(11-13-38)31-35-15-20(14-33)16-36-31/h4,6-8,15-16,21,28H,3,5,9-13,17-18,43H2,1-2H3,(H2,34,37). The Morgan fingerprint density at radius 3 is 2.47 bits per heavy atom. The molecule has 0 radical (unpaired) electrons. The number of likely N-dealkylation sites (tertiary alicyclic amines) is 1. The first-order valence-electron chi connectivity index (χ1n) is 14.6. The average Bonchev–Trinajstić information content (AvgIpc) is 3.35. The number of ketones is 2. The lowest BCUT2D eigenvalue weighted by Crippen LogP contribution is -2.40. The third-order valence-electron chi connectivity index (χ3n) is 8.55. The second kappa shape index (κ2) is 13.1. The minimum Gasteiger partial charge on any atom is -0.383 e. The lowest BCUT2D eigenvalue weighted by atomic mass is 9.95. The number of piperidine rings is 1. The van der Waals surface area contributed by atoms with Crippen molar-refractivity contribution in [3.8, 4) is 17.3 Å². The van der Waals surface area contributed by atoms with Crippen molar-refractivity contribution in [2.75, 3.05) is 18.8 Å². The molecule has 4 heterocycles. The Labute approximate surface area is 253 Å². The average molecular weight is 598 g/mol. The lowest BCUT2D eigenvalue weighted by molar-refractivity contribution is -0.122. The molecule has 0 aliphatic carbocycles. The van der Waals surface area contributed by atoms with Gasteiger partial charge in [0.2, 0.25) is 0 Å². The maximum Gasteiger partial charge on any atom is 0.255 e. The van der Waals surface area contributed by atoms with E-state index in [-0.39, 0.29) is 29.8 Å². The summed E-state index contributed by atoms with van der Waals surface area (Å²) in [7, 11) is 2.74. The normalized spacial score (nSPS) is 16.1. The van der Waals surface area contributed by atoms with Crippen LogP contribution < -0.4 is 11.0 Å². The Morgan fingerprint density at radius 1 is 1.14 bits per heavy atom. The molecule has 0 spiro atoms. The van der Waals surface area contributed by atoms with E-state index >= 15 is 0 Å². The van der Waals surface area contributed by atoms with Crippen LogP contribution in [0.2, 0.25) is 0 Å². The van der Waals surface area contributed by atoms with Crippen molar-refractivity contribution in [3.63, 3.8) is 0 Å². The van der Waals surface area contributed by atoms with Crippen molar-refractivity contribution >= 4 is 37.8 Å². The number of anilines is 1. The van der Waals surface area contributed by atoms with E-state index in [1.54, 1.807) is 30.3 Å². The first-order chi connectivity index (χ1) is 20.7. The zero-order chi connectivity index (χ0) is 30.7. The second-order valence-electron chi connectivity index (χ2n) is 11.3. The van der Waals surface area contributed by atoms with E-state index in [9.17, 15) is 14.4 Å². The molecule has 11 heteroatoms. The van der Waals surface area contributed by atoms with E-state index < -0.39 is 6.04 Å². The van der Waals surface area contributed by atoms with Crippen LogP contribution in [0.3, 0.4) is 0 Å².